The third kappa shape index (κ3) is 3.61. The van der Waals surface area contributed by atoms with Gasteiger partial charge >= 0.3 is 0 Å². The predicted molar refractivity (Wildman–Crippen MR) is 67.2 cm³/mol. The quantitative estimate of drug-likeness (QED) is 0.848. The van der Waals surface area contributed by atoms with Crippen molar-refractivity contribution in [1.82, 2.24) is 5.48 Å². The Bertz CT molecular complexity index is 396. The van der Waals surface area contributed by atoms with Crippen LogP contribution in [0.25, 0.3) is 0 Å². The maximum atomic E-state index is 11.8. The molecule has 16 heavy (non-hydrogen) atoms. The fourth-order valence-electron chi connectivity index (χ4n) is 1.08. The highest BCUT2D eigenvalue weighted by molar-refractivity contribution is 9.10. The van der Waals surface area contributed by atoms with Gasteiger partial charge in [0, 0.05) is 4.47 Å². The average Bonchev–Trinajstić information content (AvgIpc) is 2.17. The largest absolute Gasteiger partial charge is 0.276 e. The molecule has 0 aliphatic carbocycles. The minimum absolute atomic E-state index is 0.245. The number of amides is 1. The zero-order valence-electron chi connectivity index (χ0n) is 9.93. The first-order valence-electron chi connectivity index (χ1n) is 5.05. The van der Waals surface area contributed by atoms with E-state index in [0.717, 1.165) is 10.0 Å². The van der Waals surface area contributed by atoms with E-state index in [2.05, 4.69) is 21.4 Å². The summed E-state index contributed by atoms with van der Waals surface area (Å²) in [6, 6.07) is 5.52. The Balaban J connectivity index is 2.78. The number of halogens is 1. The van der Waals surface area contributed by atoms with Gasteiger partial charge in [0.25, 0.3) is 5.91 Å². The molecule has 1 N–H and O–H groups in total. The summed E-state index contributed by atoms with van der Waals surface area (Å²) in [6.45, 7) is 7.56. The molecule has 1 aromatic rings. The number of hydrogen-bond acceptors (Lipinski definition) is 2. The lowest BCUT2D eigenvalue weighted by Gasteiger charge is -2.19. The summed E-state index contributed by atoms with van der Waals surface area (Å²) in [6.07, 6.45) is 0. The second-order valence-corrected chi connectivity index (χ2v) is 5.38. The lowest BCUT2D eigenvalue weighted by Crippen LogP contribution is -2.33. The Hall–Kier alpha value is -0.870. The highest BCUT2D eigenvalue weighted by Crippen LogP contribution is 2.21. The molecule has 1 rings (SSSR count). The molecule has 0 bridgehead atoms. The van der Waals surface area contributed by atoms with Crippen molar-refractivity contribution in [3.63, 3.8) is 0 Å². The van der Waals surface area contributed by atoms with Crippen LogP contribution < -0.4 is 5.48 Å². The van der Waals surface area contributed by atoms with E-state index in [9.17, 15) is 4.79 Å². The molecule has 0 radical (unpaired) electrons. The lowest BCUT2D eigenvalue weighted by atomic mass is 10.1. The molecule has 0 spiro atoms. The molecular formula is C12H16BrNO2. The summed E-state index contributed by atoms with van der Waals surface area (Å²) in [4.78, 5) is 17.0. The fraction of sp³-hybridized carbons (Fsp3) is 0.417. The monoisotopic (exact) mass is 285 g/mol. The Morgan fingerprint density at radius 2 is 2.00 bits per heavy atom. The molecule has 1 aromatic carbocycles. The molecule has 0 atom stereocenters. The SMILES string of the molecule is Cc1cccc(C(=O)NOC(C)(C)C)c1Br. The minimum atomic E-state index is -0.397. The number of carbonyl (C=O) groups is 1. The van der Waals surface area contributed by atoms with Crippen LogP contribution in [0.5, 0.6) is 0 Å². The summed E-state index contributed by atoms with van der Waals surface area (Å²) in [5, 5.41) is 0. The summed E-state index contributed by atoms with van der Waals surface area (Å²) < 4.78 is 0.796. The van der Waals surface area contributed by atoms with E-state index in [1.54, 1.807) is 6.07 Å². The van der Waals surface area contributed by atoms with Gasteiger partial charge in [-0.25, -0.2) is 5.48 Å². The van der Waals surface area contributed by atoms with E-state index in [0.29, 0.717) is 5.56 Å². The Morgan fingerprint density at radius 1 is 1.38 bits per heavy atom. The molecule has 0 heterocycles. The summed E-state index contributed by atoms with van der Waals surface area (Å²) in [7, 11) is 0. The van der Waals surface area contributed by atoms with Gasteiger partial charge in [-0.15, -0.1) is 0 Å². The van der Waals surface area contributed by atoms with Gasteiger partial charge in [0.2, 0.25) is 0 Å². The van der Waals surface area contributed by atoms with Crippen molar-refractivity contribution >= 4 is 21.8 Å². The number of nitrogens with one attached hydrogen (secondary N) is 1. The number of benzene rings is 1. The van der Waals surface area contributed by atoms with Crippen LogP contribution in [0.3, 0.4) is 0 Å². The molecular weight excluding hydrogens is 270 g/mol. The van der Waals surface area contributed by atoms with Gasteiger partial charge in [0.05, 0.1) is 11.2 Å². The van der Waals surface area contributed by atoms with Crippen LogP contribution in [0.2, 0.25) is 0 Å². The molecule has 0 saturated heterocycles. The number of rotatable bonds is 2. The topological polar surface area (TPSA) is 38.3 Å². The average molecular weight is 286 g/mol. The first-order chi connectivity index (χ1) is 7.31. The van der Waals surface area contributed by atoms with Crippen LogP contribution in [0.15, 0.2) is 22.7 Å². The molecule has 0 aliphatic heterocycles. The summed E-state index contributed by atoms with van der Waals surface area (Å²) in [5.74, 6) is -0.245. The van der Waals surface area contributed by atoms with Gasteiger partial charge in [0.1, 0.15) is 0 Å². The molecule has 1 amide bonds. The van der Waals surface area contributed by atoms with Crippen molar-refractivity contribution in [2.45, 2.75) is 33.3 Å². The Labute approximate surface area is 104 Å². The fourth-order valence-corrected chi connectivity index (χ4v) is 1.52. The van der Waals surface area contributed by atoms with Crippen molar-refractivity contribution in [3.05, 3.63) is 33.8 Å². The normalized spacial score (nSPS) is 11.3. The van der Waals surface area contributed by atoms with Crippen LogP contribution in [0, 0.1) is 6.92 Å². The lowest BCUT2D eigenvalue weighted by molar-refractivity contribution is -0.0590. The van der Waals surface area contributed by atoms with Crippen LogP contribution in [-0.2, 0) is 4.84 Å². The van der Waals surface area contributed by atoms with Crippen LogP contribution >= 0.6 is 15.9 Å². The van der Waals surface area contributed by atoms with Crippen molar-refractivity contribution in [1.29, 1.82) is 0 Å². The number of aryl methyl sites for hydroxylation is 1. The van der Waals surface area contributed by atoms with E-state index in [4.69, 9.17) is 4.84 Å². The van der Waals surface area contributed by atoms with Crippen molar-refractivity contribution in [2.75, 3.05) is 0 Å². The highest BCUT2D eigenvalue weighted by atomic mass is 79.9. The van der Waals surface area contributed by atoms with Gasteiger partial charge in [-0.2, -0.15) is 0 Å². The van der Waals surface area contributed by atoms with Gasteiger partial charge in [-0.3, -0.25) is 9.63 Å². The second kappa shape index (κ2) is 4.97. The van der Waals surface area contributed by atoms with Crippen molar-refractivity contribution < 1.29 is 9.63 Å². The third-order valence-corrected chi connectivity index (χ3v) is 2.94. The third-order valence-electron chi connectivity index (χ3n) is 1.89. The number of hydrogen-bond donors (Lipinski definition) is 1. The molecule has 0 aliphatic rings. The van der Waals surface area contributed by atoms with E-state index in [1.165, 1.54) is 0 Å². The predicted octanol–water partition coefficient (Wildman–Crippen LogP) is 3.22. The van der Waals surface area contributed by atoms with Gasteiger partial charge in [-0.1, -0.05) is 12.1 Å². The van der Waals surface area contributed by atoms with Crippen LogP contribution in [0.1, 0.15) is 36.7 Å². The molecule has 0 fully saturated rings. The smallest absolute Gasteiger partial charge is 0.268 e. The van der Waals surface area contributed by atoms with Crippen LogP contribution in [0.4, 0.5) is 0 Å². The van der Waals surface area contributed by atoms with E-state index in [1.807, 2.05) is 39.8 Å². The zero-order chi connectivity index (χ0) is 12.3. The summed E-state index contributed by atoms with van der Waals surface area (Å²) >= 11 is 3.38. The highest BCUT2D eigenvalue weighted by Gasteiger charge is 2.16. The minimum Gasteiger partial charge on any atom is -0.268 e. The molecule has 0 saturated carbocycles. The molecule has 0 unspecified atom stereocenters. The van der Waals surface area contributed by atoms with Gasteiger partial charge < -0.3 is 0 Å². The zero-order valence-corrected chi connectivity index (χ0v) is 11.5. The Morgan fingerprint density at radius 3 is 2.56 bits per heavy atom. The number of hydroxylamine groups is 1. The molecule has 0 aromatic heterocycles. The second-order valence-electron chi connectivity index (χ2n) is 4.58. The standard InChI is InChI=1S/C12H16BrNO2/c1-8-6-5-7-9(10(8)13)11(15)14-16-12(2,3)4/h5-7H,1-4H3,(H,14,15). The first-order valence-corrected chi connectivity index (χ1v) is 5.84. The molecule has 4 heteroatoms. The molecule has 3 nitrogen and oxygen atoms in total. The van der Waals surface area contributed by atoms with Gasteiger partial charge in [0.15, 0.2) is 0 Å². The van der Waals surface area contributed by atoms with E-state index >= 15 is 0 Å². The van der Waals surface area contributed by atoms with E-state index < -0.39 is 5.60 Å². The summed E-state index contributed by atoms with van der Waals surface area (Å²) in [5.41, 5.74) is 3.63. The first kappa shape index (κ1) is 13.2. The van der Waals surface area contributed by atoms with Gasteiger partial charge in [-0.05, 0) is 55.3 Å². The van der Waals surface area contributed by atoms with Crippen molar-refractivity contribution in [3.8, 4) is 0 Å². The Kier molecular flexibility index (Phi) is 4.10. The maximum Gasteiger partial charge on any atom is 0.276 e. The van der Waals surface area contributed by atoms with Crippen molar-refractivity contribution in [2.24, 2.45) is 0 Å². The van der Waals surface area contributed by atoms with Crippen LogP contribution in [-0.4, -0.2) is 11.5 Å². The number of carbonyl (C=O) groups excluding carboxylic acids is 1. The van der Waals surface area contributed by atoms with E-state index in [-0.39, 0.29) is 5.91 Å². The molecule has 88 valence electrons. The maximum absolute atomic E-state index is 11.8.